The lowest BCUT2D eigenvalue weighted by atomic mass is 9.79. The minimum Gasteiger partial charge on any atom is -0.497 e. The van der Waals surface area contributed by atoms with Crippen molar-refractivity contribution in [2.75, 3.05) is 20.2 Å². The summed E-state index contributed by atoms with van der Waals surface area (Å²) in [5.41, 5.74) is 0.920. The molecule has 6 nitrogen and oxygen atoms in total. The van der Waals surface area contributed by atoms with Crippen LogP contribution in [0.2, 0.25) is 0 Å². The summed E-state index contributed by atoms with van der Waals surface area (Å²) < 4.78 is 5.10. The standard InChI is InChI=1S/C18H28N2O4/c1-18(2,3)14(11-16(21)22)12-20-17(23)19-10-9-13-5-7-15(24-4)8-6-13/h5-8,14H,9-12H2,1-4H3,(H,21,22)(H2,19,20,23). The predicted octanol–water partition coefficient (Wildman–Crippen LogP) is 2.67. The van der Waals surface area contributed by atoms with E-state index in [0.29, 0.717) is 13.1 Å². The zero-order valence-corrected chi connectivity index (χ0v) is 14.9. The molecule has 1 aromatic rings. The molecule has 134 valence electrons. The van der Waals surface area contributed by atoms with Gasteiger partial charge in [0.25, 0.3) is 0 Å². The molecule has 0 saturated heterocycles. The highest BCUT2D eigenvalue weighted by Crippen LogP contribution is 2.28. The summed E-state index contributed by atoms with van der Waals surface area (Å²) in [6.45, 7) is 6.78. The van der Waals surface area contributed by atoms with Crippen molar-refractivity contribution >= 4 is 12.0 Å². The molecule has 0 aliphatic heterocycles. The summed E-state index contributed by atoms with van der Waals surface area (Å²) in [5, 5.41) is 14.5. The molecule has 0 spiro atoms. The SMILES string of the molecule is COc1ccc(CCNC(=O)NCC(CC(=O)O)C(C)(C)C)cc1. The highest BCUT2D eigenvalue weighted by molar-refractivity contribution is 5.74. The van der Waals surface area contributed by atoms with Crippen LogP contribution in [-0.2, 0) is 11.2 Å². The monoisotopic (exact) mass is 336 g/mol. The molecule has 24 heavy (non-hydrogen) atoms. The highest BCUT2D eigenvalue weighted by Gasteiger charge is 2.27. The lowest BCUT2D eigenvalue weighted by molar-refractivity contribution is -0.139. The quantitative estimate of drug-likeness (QED) is 0.681. The van der Waals surface area contributed by atoms with E-state index in [2.05, 4.69) is 10.6 Å². The van der Waals surface area contributed by atoms with Crippen LogP contribution in [0.5, 0.6) is 5.75 Å². The van der Waals surface area contributed by atoms with Crippen molar-refractivity contribution in [1.82, 2.24) is 10.6 Å². The van der Waals surface area contributed by atoms with Crippen LogP contribution in [-0.4, -0.2) is 37.3 Å². The van der Waals surface area contributed by atoms with E-state index >= 15 is 0 Å². The summed E-state index contributed by atoms with van der Waals surface area (Å²) >= 11 is 0. The number of carboxylic acid groups (broad SMARTS) is 1. The topological polar surface area (TPSA) is 87.7 Å². The number of carboxylic acids is 1. The first-order valence-corrected chi connectivity index (χ1v) is 8.08. The first kappa shape index (κ1) is 19.8. The summed E-state index contributed by atoms with van der Waals surface area (Å²) in [7, 11) is 1.62. The normalized spacial score (nSPS) is 12.3. The Morgan fingerprint density at radius 2 is 1.79 bits per heavy atom. The van der Waals surface area contributed by atoms with Crippen LogP contribution >= 0.6 is 0 Å². The van der Waals surface area contributed by atoms with Gasteiger partial charge >= 0.3 is 12.0 Å². The van der Waals surface area contributed by atoms with E-state index < -0.39 is 5.97 Å². The molecule has 1 atom stereocenters. The minimum atomic E-state index is -0.850. The number of aliphatic carboxylic acids is 1. The maximum atomic E-state index is 11.9. The molecule has 0 aliphatic carbocycles. The fourth-order valence-electron chi connectivity index (χ4n) is 2.29. The average Bonchev–Trinajstić information content (AvgIpc) is 2.50. The lowest BCUT2D eigenvalue weighted by Gasteiger charge is -2.29. The number of urea groups is 1. The molecule has 0 radical (unpaired) electrons. The van der Waals surface area contributed by atoms with Crippen molar-refractivity contribution in [3.63, 3.8) is 0 Å². The number of hydrogen-bond acceptors (Lipinski definition) is 3. The van der Waals surface area contributed by atoms with E-state index in [1.54, 1.807) is 7.11 Å². The van der Waals surface area contributed by atoms with Gasteiger partial charge in [-0.3, -0.25) is 4.79 Å². The van der Waals surface area contributed by atoms with Crippen LogP contribution in [0.3, 0.4) is 0 Å². The molecule has 1 rings (SSSR count). The number of nitrogens with one attached hydrogen (secondary N) is 2. The van der Waals surface area contributed by atoms with Gasteiger partial charge in [0.1, 0.15) is 5.75 Å². The molecule has 0 aromatic heterocycles. The van der Waals surface area contributed by atoms with Gasteiger partial charge < -0.3 is 20.5 Å². The molecular weight excluding hydrogens is 308 g/mol. The molecule has 0 aliphatic rings. The summed E-state index contributed by atoms with van der Waals surface area (Å²) in [4.78, 5) is 22.8. The molecule has 0 fully saturated rings. The lowest BCUT2D eigenvalue weighted by Crippen LogP contribution is -2.42. The smallest absolute Gasteiger partial charge is 0.314 e. The molecule has 1 unspecified atom stereocenters. The summed E-state index contributed by atoms with van der Waals surface area (Å²) in [6, 6.07) is 7.41. The Morgan fingerprint density at radius 3 is 2.29 bits per heavy atom. The Morgan fingerprint density at radius 1 is 1.17 bits per heavy atom. The Balaban J connectivity index is 2.35. The average molecular weight is 336 g/mol. The molecule has 3 N–H and O–H groups in total. The number of benzene rings is 1. The second-order valence-electron chi connectivity index (χ2n) is 6.90. The van der Waals surface area contributed by atoms with Crippen molar-refractivity contribution in [2.24, 2.45) is 11.3 Å². The molecular formula is C18H28N2O4. The van der Waals surface area contributed by atoms with E-state index in [-0.39, 0.29) is 23.8 Å². The van der Waals surface area contributed by atoms with Crippen LogP contribution in [0.4, 0.5) is 4.79 Å². The van der Waals surface area contributed by atoms with E-state index in [9.17, 15) is 9.59 Å². The van der Waals surface area contributed by atoms with Gasteiger partial charge in [-0.05, 0) is 35.4 Å². The van der Waals surface area contributed by atoms with Crippen LogP contribution in [0, 0.1) is 11.3 Å². The van der Waals surface area contributed by atoms with Crippen molar-refractivity contribution in [3.05, 3.63) is 29.8 Å². The number of methoxy groups -OCH3 is 1. The second-order valence-corrected chi connectivity index (χ2v) is 6.90. The fraction of sp³-hybridized carbons (Fsp3) is 0.556. The number of hydrogen-bond donors (Lipinski definition) is 3. The van der Waals surface area contributed by atoms with Gasteiger partial charge in [0.2, 0.25) is 0 Å². The number of ether oxygens (including phenoxy) is 1. The van der Waals surface area contributed by atoms with Crippen LogP contribution in [0.25, 0.3) is 0 Å². The maximum absolute atomic E-state index is 11.9. The van der Waals surface area contributed by atoms with E-state index in [1.165, 1.54) is 0 Å². The van der Waals surface area contributed by atoms with Crippen LogP contribution in [0.15, 0.2) is 24.3 Å². The summed E-state index contributed by atoms with van der Waals surface area (Å²) in [5.74, 6) is -0.171. The van der Waals surface area contributed by atoms with Gasteiger partial charge in [0.15, 0.2) is 0 Å². The first-order chi connectivity index (χ1) is 11.2. The largest absolute Gasteiger partial charge is 0.497 e. The third-order valence-corrected chi connectivity index (χ3v) is 4.01. The highest BCUT2D eigenvalue weighted by atomic mass is 16.5. The molecule has 0 saturated carbocycles. The minimum absolute atomic E-state index is 0.0373. The Hall–Kier alpha value is -2.24. The third kappa shape index (κ3) is 7.35. The van der Waals surface area contributed by atoms with Crippen molar-refractivity contribution in [3.8, 4) is 5.75 Å². The number of carbonyl (C=O) groups is 2. The summed E-state index contributed by atoms with van der Waals surface area (Å²) in [6.07, 6.45) is 0.755. The van der Waals surface area contributed by atoms with E-state index in [1.807, 2.05) is 45.0 Å². The molecule has 1 aromatic carbocycles. The predicted molar refractivity (Wildman–Crippen MR) is 93.3 cm³/mol. The van der Waals surface area contributed by atoms with Crippen molar-refractivity contribution < 1.29 is 19.4 Å². The van der Waals surface area contributed by atoms with Gasteiger partial charge in [-0.2, -0.15) is 0 Å². The Bertz CT molecular complexity index is 535. The molecule has 2 amide bonds. The zero-order valence-electron chi connectivity index (χ0n) is 14.9. The van der Waals surface area contributed by atoms with Gasteiger partial charge in [-0.25, -0.2) is 4.79 Å². The number of carbonyl (C=O) groups excluding carboxylic acids is 1. The maximum Gasteiger partial charge on any atom is 0.314 e. The number of amides is 2. The van der Waals surface area contributed by atoms with Gasteiger partial charge in [0.05, 0.1) is 13.5 Å². The number of rotatable bonds is 8. The molecule has 0 bridgehead atoms. The Kier molecular flexibility index (Phi) is 7.55. The zero-order chi connectivity index (χ0) is 18.2. The van der Waals surface area contributed by atoms with Crippen molar-refractivity contribution in [1.29, 1.82) is 0 Å². The second kappa shape index (κ2) is 9.15. The van der Waals surface area contributed by atoms with Gasteiger partial charge in [0, 0.05) is 13.1 Å². The fourth-order valence-corrected chi connectivity index (χ4v) is 2.29. The van der Waals surface area contributed by atoms with Gasteiger partial charge in [-0.15, -0.1) is 0 Å². The van der Waals surface area contributed by atoms with E-state index in [4.69, 9.17) is 9.84 Å². The molecule has 6 heteroatoms. The third-order valence-electron chi connectivity index (χ3n) is 4.01. The van der Waals surface area contributed by atoms with Gasteiger partial charge in [-0.1, -0.05) is 32.9 Å². The van der Waals surface area contributed by atoms with E-state index in [0.717, 1.165) is 17.7 Å². The van der Waals surface area contributed by atoms with Crippen LogP contribution < -0.4 is 15.4 Å². The first-order valence-electron chi connectivity index (χ1n) is 8.08. The van der Waals surface area contributed by atoms with Crippen molar-refractivity contribution in [2.45, 2.75) is 33.6 Å². The Labute approximate surface area is 143 Å². The molecule has 0 heterocycles. The van der Waals surface area contributed by atoms with Crippen LogP contribution in [0.1, 0.15) is 32.8 Å².